The van der Waals surface area contributed by atoms with E-state index in [4.69, 9.17) is 11.6 Å². The molecule has 1 saturated heterocycles. The van der Waals surface area contributed by atoms with Crippen LogP contribution >= 0.6 is 11.6 Å². The predicted molar refractivity (Wildman–Crippen MR) is 84.1 cm³/mol. The van der Waals surface area contributed by atoms with Crippen LogP contribution in [0.1, 0.15) is 25.1 Å². The molecule has 1 aliphatic heterocycles. The van der Waals surface area contributed by atoms with Gasteiger partial charge in [-0.1, -0.05) is 6.07 Å². The highest BCUT2D eigenvalue weighted by Gasteiger charge is 2.18. The van der Waals surface area contributed by atoms with Gasteiger partial charge in [-0.2, -0.15) is 0 Å². The van der Waals surface area contributed by atoms with Gasteiger partial charge in [0.05, 0.1) is 11.4 Å². The van der Waals surface area contributed by atoms with Crippen molar-refractivity contribution in [2.24, 2.45) is 5.92 Å². The molecular weight excluding hydrogens is 289 g/mol. The number of likely N-dealkylation sites (tertiary alicyclic amines) is 1. The van der Waals surface area contributed by atoms with Crippen LogP contribution in [0.3, 0.4) is 0 Å². The molecule has 0 radical (unpaired) electrons. The van der Waals surface area contributed by atoms with Gasteiger partial charge in [-0.15, -0.1) is 11.6 Å². The van der Waals surface area contributed by atoms with Crippen molar-refractivity contribution in [1.82, 2.24) is 14.5 Å². The van der Waals surface area contributed by atoms with Crippen LogP contribution in [0.5, 0.6) is 0 Å². The molecule has 0 aliphatic carbocycles. The van der Waals surface area contributed by atoms with E-state index in [1.54, 1.807) is 6.07 Å². The van der Waals surface area contributed by atoms with Crippen molar-refractivity contribution >= 4 is 22.6 Å². The molecule has 1 fully saturated rings. The van der Waals surface area contributed by atoms with Crippen LogP contribution in [0.2, 0.25) is 0 Å². The fourth-order valence-corrected chi connectivity index (χ4v) is 3.38. The van der Waals surface area contributed by atoms with Gasteiger partial charge in [-0.3, -0.25) is 0 Å². The molecule has 3 nitrogen and oxygen atoms in total. The van der Waals surface area contributed by atoms with Gasteiger partial charge in [-0.05, 0) is 57.5 Å². The van der Waals surface area contributed by atoms with Crippen LogP contribution in [0.25, 0.3) is 11.0 Å². The number of rotatable bonds is 4. The summed E-state index contributed by atoms with van der Waals surface area (Å²) in [5, 5.41) is 0. The molecule has 0 saturated carbocycles. The molecule has 0 unspecified atom stereocenters. The van der Waals surface area contributed by atoms with Crippen LogP contribution in [0, 0.1) is 11.7 Å². The Kier molecular flexibility index (Phi) is 4.45. The van der Waals surface area contributed by atoms with E-state index in [2.05, 4.69) is 21.5 Å². The Morgan fingerprint density at radius 2 is 2.10 bits per heavy atom. The third kappa shape index (κ3) is 3.06. The number of para-hydroxylation sites is 1. The summed E-state index contributed by atoms with van der Waals surface area (Å²) in [6.07, 6.45) is 3.60. The van der Waals surface area contributed by atoms with Gasteiger partial charge in [-0.25, -0.2) is 9.37 Å². The highest BCUT2D eigenvalue weighted by Crippen LogP contribution is 2.24. The second kappa shape index (κ2) is 6.32. The predicted octanol–water partition coefficient (Wildman–Crippen LogP) is 3.65. The molecule has 0 bridgehead atoms. The summed E-state index contributed by atoms with van der Waals surface area (Å²) >= 11 is 5.98. The van der Waals surface area contributed by atoms with Crippen molar-refractivity contribution in [3.05, 3.63) is 29.8 Å². The zero-order valence-corrected chi connectivity index (χ0v) is 13.1. The van der Waals surface area contributed by atoms with E-state index < -0.39 is 0 Å². The van der Waals surface area contributed by atoms with E-state index in [0.29, 0.717) is 11.4 Å². The lowest BCUT2D eigenvalue weighted by Crippen LogP contribution is -2.30. The first kappa shape index (κ1) is 14.8. The van der Waals surface area contributed by atoms with Crippen molar-refractivity contribution in [1.29, 1.82) is 0 Å². The van der Waals surface area contributed by atoms with Gasteiger partial charge in [0, 0.05) is 6.54 Å². The summed E-state index contributed by atoms with van der Waals surface area (Å²) in [6.45, 7) is 3.22. The van der Waals surface area contributed by atoms with E-state index in [9.17, 15) is 4.39 Å². The monoisotopic (exact) mass is 309 g/mol. The Balaban J connectivity index is 1.78. The van der Waals surface area contributed by atoms with E-state index in [0.717, 1.165) is 30.2 Å². The van der Waals surface area contributed by atoms with Gasteiger partial charge in [0.15, 0.2) is 5.82 Å². The van der Waals surface area contributed by atoms with Crippen molar-refractivity contribution in [3.8, 4) is 0 Å². The fraction of sp³-hybridized carbons (Fsp3) is 0.562. The molecule has 5 heteroatoms. The minimum atomic E-state index is -0.267. The van der Waals surface area contributed by atoms with Gasteiger partial charge in [0.25, 0.3) is 0 Å². The number of benzene rings is 1. The Morgan fingerprint density at radius 3 is 2.81 bits per heavy atom. The molecule has 0 amide bonds. The zero-order chi connectivity index (χ0) is 14.8. The lowest BCUT2D eigenvalue weighted by Gasteiger charge is -2.29. The number of fused-ring (bicyclic) bond motifs is 1. The zero-order valence-electron chi connectivity index (χ0n) is 12.4. The van der Waals surface area contributed by atoms with Gasteiger partial charge in [0.2, 0.25) is 0 Å². The van der Waals surface area contributed by atoms with E-state index in [1.165, 1.54) is 32.0 Å². The fourth-order valence-electron chi connectivity index (χ4n) is 3.17. The van der Waals surface area contributed by atoms with E-state index >= 15 is 0 Å². The SMILES string of the molecule is CN1CCC(CCn2c(CCl)nc3c(F)cccc32)CC1. The van der Waals surface area contributed by atoms with Crippen LogP contribution < -0.4 is 0 Å². The lowest BCUT2D eigenvalue weighted by molar-refractivity contribution is 0.208. The number of halogens is 2. The second-order valence-electron chi connectivity index (χ2n) is 5.96. The number of alkyl halides is 1. The normalized spacial score (nSPS) is 17.7. The maximum atomic E-state index is 13.8. The van der Waals surface area contributed by atoms with Crippen LogP contribution in [0.15, 0.2) is 18.2 Å². The molecule has 1 aromatic heterocycles. The molecule has 21 heavy (non-hydrogen) atoms. The molecule has 1 aliphatic rings. The summed E-state index contributed by atoms with van der Waals surface area (Å²) in [7, 11) is 2.17. The Hall–Kier alpha value is -1.13. The van der Waals surface area contributed by atoms with Crippen LogP contribution in [-0.2, 0) is 12.4 Å². The first-order valence-electron chi connectivity index (χ1n) is 7.57. The first-order chi connectivity index (χ1) is 10.2. The maximum Gasteiger partial charge on any atom is 0.151 e. The number of aromatic nitrogens is 2. The molecule has 1 aromatic carbocycles. The number of nitrogens with zero attached hydrogens (tertiary/aromatic N) is 3. The number of aryl methyl sites for hydroxylation is 1. The molecule has 114 valence electrons. The third-order valence-electron chi connectivity index (χ3n) is 4.53. The van der Waals surface area contributed by atoms with E-state index in [1.807, 2.05) is 6.07 Å². The highest BCUT2D eigenvalue weighted by atomic mass is 35.5. The molecule has 0 N–H and O–H groups in total. The van der Waals surface area contributed by atoms with Crippen LogP contribution in [0.4, 0.5) is 4.39 Å². The average Bonchev–Trinajstić information content (AvgIpc) is 2.86. The minimum Gasteiger partial charge on any atom is -0.327 e. The summed E-state index contributed by atoms with van der Waals surface area (Å²) < 4.78 is 15.9. The lowest BCUT2D eigenvalue weighted by atomic mass is 9.94. The average molecular weight is 310 g/mol. The molecule has 0 spiro atoms. The quantitative estimate of drug-likeness (QED) is 0.804. The van der Waals surface area contributed by atoms with E-state index in [-0.39, 0.29) is 5.82 Å². The number of piperidine rings is 1. The van der Waals surface area contributed by atoms with Crippen molar-refractivity contribution < 1.29 is 4.39 Å². The smallest absolute Gasteiger partial charge is 0.151 e. The topological polar surface area (TPSA) is 21.1 Å². The number of imidazole rings is 1. The Labute approximate surface area is 129 Å². The minimum absolute atomic E-state index is 0.267. The summed E-state index contributed by atoms with van der Waals surface area (Å²) in [6, 6.07) is 5.12. The molecular formula is C16H21ClFN3. The molecule has 2 aromatic rings. The molecule has 3 rings (SSSR count). The highest BCUT2D eigenvalue weighted by molar-refractivity contribution is 6.16. The second-order valence-corrected chi connectivity index (χ2v) is 6.22. The number of hydrogen-bond acceptors (Lipinski definition) is 2. The van der Waals surface area contributed by atoms with Gasteiger partial charge >= 0.3 is 0 Å². The van der Waals surface area contributed by atoms with Gasteiger partial charge in [0.1, 0.15) is 11.3 Å². The summed E-state index contributed by atoms with van der Waals surface area (Å²) in [4.78, 5) is 6.73. The molecule has 0 atom stereocenters. The van der Waals surface area contributed by atoms with Crippen LogP contribution in [-0.4, -0.2) is 34.6 Å². The van der Waals surface area contributed by atoms with Gasteiger partial charge < -0.3 is 9.47 Å². The Bertz CT molecular complexity index is 617. The summed E-state index contributed by atoms with van der Waals surface area (Å²) in [5.74, 6) is 1.57. The maximum absolute atomic E-state index is 13.8. The summed E-state index contributed by atoms with van der Waals surface area (Å²) in [5.41, 5.74) is 1.30. The van der Waals surface area contributed by atoms with Crippen molar-refractivity contribution in [2.45, 2.75) is 31.7 Å². The Morgan fingerprint density at radius 1 is 1.33 bits per heavy atom. The third-order valence-corrected chi connectivity index (χ3v) is 4.77. The largest absolute Gasteiger partial charge is 0.327 e. The molecule has 2 heterocycles. The van der Waals surface area contributed by atoms with Crippen molar-refractivity contribution in [3.63, 3.8) is 0 Å². The standard InChI is InChI=1S/C16H21ClFN3/c1-20-8-5-12(6-9-20)7-10-21-14-4-2-3-13(18)16(14)19-15(21)11-17/h2-4,12H,5-11H2,1H3. The first-order valence-corrected chi connectivity index (χ1v) is 8.10. The van der Waals surface area contributed by atoms with Crippen molar-refractivity contribution in [2.75, 3.05) is 20.1 Å². The number of hydrogen-bond donors (Lipinski definition) is 0.